The average Bonchev–Trinajstić information content (AvgIpc) is 2.88. The number of likely N-dealkylation sites (N-methyl/N-ethyl adjacent to an activating group) is 1. The standard InChI is InChI=1S/C18H23N3O5S/c1-20(2)9-8-19-15(22)11-21-17(23)14(27-18(21)24)10-12-6-5-7-13(25-3)16(12)26-4/h5-7,10H,8-9,11H2,1-4H3,(H,19,22). The Kier molecular flexibility index (Phi) is 7.26. The van der Waals surface area contributed by atoms with Gasteiger partial charge in [0.05, 0.1) is 19.1 Å². The van der Waals surface area contributed by atoms with Crippen LogP contribution in [0.15, 0.2) is 23.1 Å². The van der Waals surface area contributed by atoms with E-state index in [1.54, 1.807) is 24.3 Å². The SMILES string of the molecule is COc1cccc(C=C2SC(=O)N(CC(=O)NCCN(C)C)C2=O)c1OC. The van der Waals surface area contributed by atoms with Crippen molar-refractivity contribution in [2.45, 2.75) is 0 Å². The molecule has 27 heavy (non-hydrogen) atoms. The van der Waals surface area contributed by atoms with Crippen molar-refractivity contribution >= 4 is 34.9 Å². The molecule has 0 aromatic heterocycles. The van der Waals surface area contributed by atoms with E-state index in [4.69, 9.17) is 9.47 Å². The van der Waals surface area contributed by atoms with Crippen molar-refractivity contribution in [3.05, 3.63) is 28.7 Å². The molecule has 1 aliphatic rings. The second kappa shape index (κ2) is 9.43. The second-order valence-corrected chi connectivity index (χ2v) is 7.00. The van der Waals surface area contributed by atoms with Crippen LogP contribution in [-0.4, -0.2) is 74.8 Å². The molecular formula is C18H23N3O5S. The minimum atomic E-state index is -0.502. The number of amides is 3. The van der Waals surface area contributed by atoms with E-state index >= 15 is 0 Å². The minimum Gasteiger partial charge on any atom is -0.493 e. The maximum Gasteiger partial charge on any atom is 0.294 e. The highest BCUT2D eigenvalue weighted by molar-refractivity contribution is 8.18. The second-order valence-electron chi connectivity index (χ2n) is 6.00. The van der Waals surface area contributed by atoms with Gasteiger partial charge in [0.1, 0.15) is 6.54 Å². The fraction of sp³-hybridized carbons (Fsp3) is 0.389. The number of hydrogen-bond donors (Lipinski definition) is 1. The summed E-state index contributed by atoms with van der Waals surface area (Å²) in [4.78, 5) is 39.8. The summed E-state index contributed by atoms with van der Waals surface area (Å²) >= 11 is 0.794. The fourth-order valence-electron chi connectivity index (χ4n) is 2.42. The van der Waals surface area contributed by atoms with Crippen LogP contribution in [0.5, 0.6) is 11.5 Å². The van der Waals surface area contributed by atoms with Crippen LogP contribution >= 0.6 is 11.8 Å². The molecule has 1 aromatic rings. The van der Waals surface area contributed by atoms with Crippen LogP contribution < -0.4 is 14.8 Å². The predicted octanol–water partition coefficient (Wildman–Crippen LogP) is 1.42. The largest absolute Gasteiger partial charge is 0.493 e. The van der Waals surface area contributed by atoms with Gasteiger partial charge in [-0.05, 0) is 38.0 Å². The number of carbonyl (C=O) groups excluding carboxylic acids is 3. The summed E-state index contributed by atoms with van der Waals surface area (Å²) < 4.78 is 10.6. The first-order chi connectivity index (χ1) is 12.9. The van der Waals surface area contributed by atoms with E-state index in [0.29, 0.717) is 30.2 Å². The Labute approximate surface area is 162 Å². The summed E-state index contributed by atoms with van der Waals surface area (Å²) in [5, 5.41) is 2.21. The molecule has 146 valence electrons. The van der Waals surface area contributed by atoms with Gasteiger partial charge in [-0.1, -0.05) is 12.1 Å². The van der Waals surface area contributed by atoms with E-state index in [1.807, 2.05) is 19.0 Å². The van der Waals surface area contributed by atoms with Crippen molar-refractivity contribution < 1.29 is 23.9 Å². The van der Waals surface area contributed by atoms with Crippen molar-refractivity contribution in [1.29, 1.82) is 0 Å². The molecule has 0 radical (unpaired) electrons. The van der Waals surface area contributed by atoms with E-state index in [1.165, 1.54) is 14.2 Å². The van der Waals surface area contributed by atoms with E-state index in [9.17, 15) is 14.4 Å². The molecule has 2 rings (SSSR count). The van der Waals surface area contributed by atoms with Crippen molar-refractivity contribution in [2.75, 3.05) is 47.9 Å². The van der Waals surface area contributed by atoms with Crippen LogP contribution in [0.4, 0.5) is 4.79 Å². The highest BCUT2D eigenvalue weighted by Gasteiger charge is 2.36. The molecule has 8 nitrogen and oxygen atoms in total. The number of methoxy groups -OCH3 is 2. The lowest BCUT2D eigenvalue weighted by Gasteiger charge is -2.14. The molecule has 0 saturated carbocycles. The van der Waals surface area contributed by atoms with Crippen LogP contribution in [0, 0.1) is 0 Å². The molecule has 1 N–H and O–H groups in total. The number of hydrogen-bond acceptors (Lipinski definition) is 7. The van der Waals surface area contributed by atoms with Crippen LogP contribution in [0.2, 0.25) is 0 Å². The van der Waals surface area contributed by atoms with Crippen LogP contribution in [-0.2, 0) is 9.59 Å². The quantitative estimate of drug-likeness (QED) is 0.668. The summed E-state index contributed by atoms with van der Waals surface area (Å²) in [5.41, 5.74) is 0.609. The third-order valence-corrected chi connectivity index (χ3v) is 4.68. The van der Waals surface area contributed by atoms with Crippen molar-refractivity contribution in [3.8, 4) is 11.5 Å². The Bertz CT molecular complexity index is 763. The molecule has 3 amide bonds. The van der Waals surface area contributed by atoms with E-state index < -0.39 is 11.1 Å². The summed E-state index contributed by atoms with van der Waals surface area (Å²) in [6.07, 6.45) is 1.57. The third kappa shape index (κ3) is 5.24. The maximum atomic E-state index is 12.5. The molecule has 0 bridgehead atoms. The first kappa shape index (κ1) is 20.8. The number of imide groups is 1. The molecule has 0 atom stereocenters. The minimum absolute atomic E-state index is 0.229. The Balaban J connectivity index is 2.12. The molecule has 1 aliphatic heterocycles. The fourth-order valence-corrected chi connectivity index (χ4v) is 3.25. The highest BCUT2D eigenvalue weighted by atomic mass is 32.2. The summed E-state index contributed by atoms with van der Waals surface area (Å²) in [6.45, 7) is 0.812. The Morgan fingerprint density at radius 2 is 2.00 bits per heavy atom. The van der Waals surface area contributed by atoms with E-state index in [0.717, 1.165) is 16.7 Å². The number of nitrogens with zero attached hydrogens (tertiary/aromatic N) is 2. The van der Waals surface area contributed by atoms with Gasteiger partial charge in [0.15, 0.2) is 11.5 Å². The molecule has 0 aliphatic carbocycles. The van der Waals surface area contributed by atoms with Gasteiger partial charge in [-0.25, -0.2) is 0 Å². The van der Waals surface area contributed by atoms with Gasteiger partial charge in [0.25, 0.3) is 11.1 Å². The van der Waals surface area contributed by atoms with Gasteiger partial charge in [0.2, 0.25) is 5.91 Å². The summed E-state index contributed by atoms with van der Waals surface area (Å²) in [6, 6.07) is 5.25. The van der Waals surface area contributed by atoms with Crippen LogP contribution in [0.25, 0.3) is 6.08 Å². The Morgan fingerprint density at radius 3 is 2.63 bits per heavy atom. The smallest absolute Gasteiger partial charge is 0.294 e. The number of carbonyl (C=O) groups is 3. The Hall–Kier alpha value is -2.52. The lowest BCUT2D eigenvalue weighted by atomic mass is 10.1. The molecule has 0 spiro atoms. The van der Waals surface area contributed by atoms with Gasteiger partial charge in [-0.15, -0.1) is 0 Å². The van der Waals surface area contributed by atoms with Crippen molar-refractivity contribution in [2.24, 2.45) is 0 Å². The zero-order chi connectivity index (χ0) is 20.0. The molecule has 1 aromatic carbocycles. The van der Waals surface area contributed by atoms with Gasteiger partial charge < -0.3 is 19.7 Å². The zero-order valence-corrected chi connectivity index (χ0v) is 16.6. The first-order valence-electron chi connectivity index (χ1n) is 8.25. The van der Waals surface area contributed by atoms with Gasteiger partial charge >= 0.3 is 0 Å². The lowest BCUT2D eigenvalue weighted by molar-refractivity contribution is -0.129. The van der Waals surface area contributed by atoms with Gasteiger partial charge in [-0.3, -0.25) is 19.3 Å². The number of nitrogens with one attached hydrogen (secondary N) is 1. The topological polar surface area (TPSA) is 88.2 Å². The Morgan fingerprint density at radius 1 is 1.26 bits per heavy atom. The number of para-hydroxylation sites is 1. The highest BCUT2D eigenvalue weighted by Crippen LogP contribution is 2.37. The van der Waals surface area contributed by atoms with Crippen molar-refractivity contribution in [3.63, 3.8) is 0 Å². The van der Waals surface area contributed by atoms with Crippen molar-refractivity contribution in [1.82, 2.24) is 15.1 Å². The van der Waals surface area contributed by atoms with Crippen LogP contribution in [0.1, 0.15) is 5.56 Å². The van der Waals surface area contributed by atoms with E-state index in [2.05, 4.69) is 5.32 Å². The monoisotopic (exact) mass is 393 g/mol. The molecule has 1 saturated heterocycles. The number of ether oxygens (including phenoxy) is 2. The summed E-state index contributed by atoms with van der Waals surface area (Å²) in [5.74, 6) is 0.107. The number of thioether (sulfide) groups is 1. The number of benzene rings is 1. The molecule has 1 heterocycles. The summed E-state index contributed by atoms with van der Waals surface area (Å²) in [7, 11) is 6.80. The normalized spacial score (nSPS) is 15.6. The first-order valence-corrected chi connectivity index (χ1v) is 9.06. The van der Waals surface area contributed by atoms with Gasteiger partial charge in [-0.2, -0.15) is 0 Å². The average molecular weight is 393 g/mol. The zero-order valence-electron chi connectivity index (χ0n) is 15.8. The predicted molar refractivity (Wildman–Crippen MR) is 104 cm³/mol. The third-order valence-electron chi connectivity index (χ3n) is 3.78. The molecule has 0 unspecified atom stereocenters. The maximum absolute atomic E-state index is 12.5. The van der Waals surface area contributed by atoms with Crippen LogP contribution in [0.3, 0.4) is 0 Å². The van der Waals surface area contributed by atoms with E-state index in [-0.39, 0.29) is 17.4 Å². The molecular weight excluding hydrogens is 370 g/mol. The van der Waals surface area contributed by atoms with Gasteiger partial charge in [0, 0.05) is 18.7 Å². The molecule has 1 fully saturated rings. The molecule has 9 heteroatoms. The lowest BCUT2D eigenvalue weighted by Crippen LogP contribution is -2.41. The number of rotatable bonds is 8.